The zero-order valence-electron chi connectivity index (χ0n) is 28.8. The molecule has 2 aromatic heterocycles. The van der Waals surface area contributed by atoms with Crippen molar-refractivity contribution in [2.24, 2.45) is 0 Å². The van der Waals surface area contributed by atoms with Gasteiger partial charge in [0.25, 0.3) is 0 Å². The van der Waals surface area contributed by atoms with Gasteiger partial charge < -0.3 is 18.9 Å². The SMILES string of the molecule is C=CC(=O)OCOC(CCCOc1ccc2cc(-c3ccccc3CC)sc2c1)CCCOc1ccc2cc(-c3ccccc3CC)sc2c1. The van der Waals surface area contributed by atoms with E-state index in [9.17, 15) is 4.79 Å². The van der Waals surface area contributed by atoms with Crippen molar-refractivity contribution in [1.82, 2.24) is 0 Å². The van der Waals surface area contributed by atoms with Gasteiger partial charge in [-0.25, -0.2) is 4.79 Å². The summed E-state index contributed by atoms with van der Waals surface area (Å²) >= 11 is 3.61. The van der Waals surface area contributed by atoms with Crippen LogP contribution in [0.3, 0.4) is 0 Å². The zero-order chi connectivity index (χ0) is 34.7. The highest BCUT2D eigenvalue weighted by Gasteiger charge is 2.13. The first-order chi connectivity index (χ1) is 24.5. The number of carbonyl (C=O) groups is 1. The second-order valence-corrected chi connectivity index (χ2v) is 14.4. The molecular weight excluding hydrogens is 661 g/mol. The second kappa shape index (κ2) is 17.5. The summed E-state index contributed by atoms with van der Waals surface area (Å²) in [5.41, 5.74) is 5.34. The molecular formula is C43H44O5S2. The van der Waals surface area contributed by atoms with E-state index in [2.05, 4.69) is 105 Å². The van der Waals surface area contributed by atoms with E-state index in [0.717, 1.165) is 56.1 Å². The minimum Gasteiger partial charge on any atom is -0.494 e. The summed E-state index contributed by atoms with van der Waals surface area (Å²) in [6.07, 6.45) is 6.22. The highest BCUT2D eigenvalue weighted by molar-refractivity contribution is 7.22. The molecule has 0 aliphatic carbocycles. The van der Waals surface area contributed by atoms with Crippen LogP contribution in [0, 0.1) is 0 Å². The molecule has 0 saturated carbocycles. The van der Waals surface area contributed by atoms with Gasteiger partial charge in [-0.2, -0.15) is 0 Å². The third-order valence-electron chi connectivity index (χ3n) is 8.86. The number of esters is 1. The Hall–Kier alpha value is -4.43. The highest BCUT2D eigenvalue weighted by Crippen LogP contribution is 2.38. The first kappa shape index (κ1) is 35.4. The molecule has 50 heavy (non-hydrogen) atoms. The van der Waals surface area contributed by atoms with Gasteiger partial charge in [0.2, 0.25) is 0 Å². The summed E-state index contributed by atoms with van der Waals surface area (Å²) in [5, 5.41) is 2.46. The maximum absolute atomic E-state index is 11.6. The standard InChI is InChI=1S/C43H44O5S2/c1-4-30-13-7-9-17-37(30)41-25-32-19-21-35(27-39(32)49-41)45-23-11-15-34(47-29-48-43(44)6-3)16-12-24-46-36-22-20-33-26-42(50-40(33)28-36)38-18-10-8-14-31(38)5-2/h6-10,13-14,17-22,25-28,34H,3-5,11-12,15-16,23-24,29H2,1-2H3. The fraction of sp³-hybridized carbons (Fsp3) is 0.279. The molecule has 0 spiro atoms. The molecule has 5 nitrogen and oxygen atoms in total. The van der Waals surface area contributed by atoms with Crippen LogP contribution in [-0.4, -0.2) is 32.1 Å². The maximum atomic E-state index is 11.6. The molecule has 6 rings (SSSR count). The molecule has 0 saturated heterocycles. The van der Waals surface area contributed by atoms with Crippen molar-refractivity contribution in [3.05, 3.63) is 121 Å². The van der Waals surface area contributed by atoms with E-state index in [4.69, 9.17) is 18.9 Å². The van der Waals surface area contributed by atoms with Gasteiger partial charge in [0.15, 0.2) is 6.79 Å². The second-order valence-electron chi connectivity index (χ2n) is 12.2. The summed E-state index contributed by atoms with van der Waals surface area (Å²) in [5.74, 6) is 1.24. The number of aryl methyl sites for hydroxylation is 2. The van der Waals surface area contributed by atoms with Gasteiger partial charge in [-0.05, 0) is 120 Å². The van der Waals surface area contributed by atoms with Gasteiger partial charge in [-0.15, -0.1) is 22.7 Å². The van der Waals surface area contributed by atoms with Crippen molar-refractivity contribution in [2.45, 2.75) is 58.5 Å². The molecule has 0 N–H and O–H groups in total. The van der Waals surface area contributed by atoms with E-state index in [0.29, 0.717) is 13.2 Å². The molecule has 0 bridgehead atoms. The van der Waals surface area contributed by atoms with Gasteiger partial charge >= 0.3 is 5.97 Å². The van der Waals surface area contributed by atoms with Crippen LogP contribution in [0.5, 0.6) is 11.5 Å². The third-order valence-corrected chi connectivity index (χ3v) is 11.1. The summed E-state index contributed by atoms with van der Waals surface area (Å²) in [6, 6.07) is 34.4. The fourth-order valence-electron chi connectivity index (χ4n) is 6.17. The van der Waals surface area contributed by atoms with Gasteiger partial charge in [0.05, 0.1) is 19.3 Å². The monoisotopic (exact) mass is 704 g/mol. The molecule has 0 amide bonds. The largest absolute Gasteiger partial charge is 0.494 e. The Labute approximate surface area is 303 Å². The molecule has 0 aliphatic rings. The smallest absolute Gasteiger partial charge is 0.332 e. The number of ether oxygens (including phenoxy) is 4. The predicted octanol–water partition coefficient (Wildman–Crippen LogP) is 11.7. The Morgan fingerprint density at radius 1 is 0.700 bits per heavy atom. The summed E-state index contributed by atoms with van der Waals surface area (Å²) in [4.78, 5) is 14.1. The molecule has 7 heteroatoms. The lowest BCUT2D eigenvalue weighted by Crippen LogP contribution is -2.19. The Balaban J connectivity index is 1.00. The van der Waals surface area contributed by atoms with Crippen LogP contribution >= 0.6 is 22.7 Å². The summed E-state index contributed by atoms with van der Waals surface area (Å²) in [7, 11) is 0. The van der Waals surface area contributed by atoms with E-state index >= 15 is 0 Å². The number of thiophene rings is 2. The molecule has 0 aliphatic heterocycles. The zero-order valence-corrected chi connectivity index (χ0v) is 30.5. The van der Waals surface area contributed by atoms with Crippen LogP contribution in [-0.2, 0) is 27.1 Å². The molecule has 2 heterocycles. The third kappa shape index (κ3) is 9.02. The van der Waals surface area contributed by atoms with Crippen LogP contribution in [0.25, 0.3) is 41.1 Å². The van der Waals surface area contributed by atoms with Crippen LogP contribution < -0.4 is 9.47 Å². The molecule has 258 valence electrons. The minimum absolute atomic E-state index is 0.0956. The summed E-state index contributed by atoms with van der Waals surface area (Å²) in [6.45, 7) is 8.89. The van der Waals surface area contributed by atoms with Crippen LogP contribution in [0.1, 0.15) is 50.7 Å². The van der Waals surface area contributed by atoms with Crippen LogP contribution in [0.15, 0.2) is 110 Å². The van der Waals surface area contributed by atoms with E-state index in [1.54, 1.807) is 22.7 Å². The molecule has 0 fully saturated rings. The average Bonchev–Trinajstić information content (AvgIpc) is 3.78. The Kier molecular flexibility index (Phi) is 12.4. The number of hydrogen-bond acceptors (Lipinski definition) is 7. The molecule has 4 aromatic carbocycles. The number of hydrogen-bond donors (Lipinski definition) is 0. The number of carbonyl (C=O) groups excluding carboxylic acids is 1. The van der Waals surface area contributed by atoms with Gasteiger partial charge in [0, 0.05) is 25.2 Å². The quantitative estimate of drug-likeness (QED) is 0.0386. The Bertz CT molecular complexity index is 1910. The predicted molar refractivity (Wildman–Crippen MR) is 209 cm³/mol. The minimum atomic E-state index is -0.494. The van der Waals surface area contributed by atoms with Crippen LogP contribution in [0.2, 0.25) is 0 Å². The van der Waals surface area contributed by atoms with E-state index < -0.39 is 5.97 Å². The number of rotatable bonds is 18. The number of fused-ring (bicyclic) bond motifs is 2. The van der Waals surface area contributed by atoms with Crippen molar-refractivity contribution in [2.75, 3.05) is 20.0 Å². The lowest BCUT2D eigenvalue weighted by molar-refractivity contribution is -0.155. The number of benzene rings is 4. The average molecular weight is 705 g/mol. The lowest BCUT2D eigenvalue weighted by Gasteiger charge is -2.18. The topological polar surface area (TPSA) is 54.0 Å². The lowest BCUT2D eigenvalue weighted by atomic mass is 10.0. The molecule has 0 unspecified atom stereocenters. The first-order valence-electron chi connectivity index (χ1n) is 17.4. The molecule has 0 atom stereocenters. The van der Waals surface area contributed by atoms with Crippen molar-refractivity contribution in [3.63, 3.8) is 0 Å². The Morgan fingerprint density at radius 3 is 1.68 bits per heavy atom. The van der Waals surface area contributed by atoms with Crippen molar-refractivity contribution in [1.29, 1.82) is 0 Å². The molecule has 6 aromatic rings. The van der Waals surface area contributed by atoms with E-state index in [-0.39, 0.29) is 12.9 Å². The van der Waals surface area contributed by atoms with E-state index in [1.807, 2.05) is 12.1 Å². The maximum Gasteiger partial charge on any atom is 0.332 e. The van der Waals surface area contributed by atoms with Gasteiger partial charge in [0.1, 0.15) is 11.5 Å². The van der Waals surface area contributed by atoms with Crippen molar-refractivity contribution >= 4 is 48.8 Å². The van der Waals surface area contributed by atoms with Gasteiger partial charge in [-0.1, -0.05) is 69.0 Å². The van der Waals surface area contributed by atoms with E-state index in [1.165, 1.54) is 52.2 Å². The Morgan fingerprint density at radius 2 is 1.20 bits per heavy atom. The summed E-state index contributed by atoms with van der Waals surface area (Å²) < 4.78 is 25.9. The van der Waals surface area contributed by atoms with Crippen molar-refractivity contribution < 1.29 is 23.7 Å². The van der Waals surface area contributed by atoms with Gasteiger partial charge in [-0.3, -0.25) is 0 Å². The first-order valence-corrected chi connectivity index (χ1v) is 19.1. The van der Waals surface area contributed by atoms with Crippen LogP contribution in [0.4, 0.5) is 0 Å². The highest BCUT2D eigenvalue weighted by atomic mass is 32.1. The fourth-order valence-corrected chi connectivity index (χ4v) is 8.47. The molecule has 0 radical (unpaired) electrons. The normalized spacial score (nSPS) is 11.3. The van der Waals surface area contributed by atoms with Crippen molar-refractivity contribution in [3.8, 4) is 32.4 Å².